The molecule has 0 aliphatic carbocycles. The maximum atomic E-state index is 4.88. The lowest BCUT2D eigenvalue weighted by molar-refractivity contribution is 0.374. The molecule has 0 saturated heterocycles. The molecule has 2 aromatic rings. The lowest BCUT2D eigenvalue weighted by Crippen LogP contribution is -1.70. The maximum absolute atomic E-state index is 4.88. The molecule has 2 rings (SSSR count). The van der Waals surface area contributed by atoms with E-state index in [1.54, 1.807) is 6.20 Å². The first-order chi connectivity index (χ1) is 4.36. The van der Waals surface area contributed by atoms with Crippen molar-refractivity contribution in [2.45, 2.75) is 6.92 Å². The van der Waals surface area contributed by atoms with E-state index in [1.807, 2.05) is 6.92 Å². The van der Waals surface area contributed by atoms with Crippen LogP contribution in [0.2, 0.25) is 0 Å². The van der Waals surface area contributed by atoms with Gasteiger partial charge in [0.2, 0.25) is 6.39 Å². The molecule has 0 aliphatic rings. The van der Waals surface area contributed by atoms with Gasteiger partial charge in [0, 0.05) is 0 Å². The summed E-state index contributed by atoms with van der Waals surface area (Å²) in [5.74, 6) is 0.618. The predicted octanol–water partition coefficient (Wildman–Crippen LogP) is 0.631. The zero-order valence-corrected chi connectivity index (χ0v) is 4.90. The topological polar surface area (TPSA) is 43.3 Å². The van der Waals surface area contributed by atoms with Crippen molar-refractivity contribution in [2.24, 2.45) is 0 Å². The second-order valence-electron chi connectivity index (χ2n) is 1.85. The van der Waals surface area contributed by atoms with Crippen LogP contribution in [0.15, 0.2) is 17.1 Å². The van der Waals surface area contributed by atoms with E-state index in [-0.39, 0.29) is 0 Å². The van der Waals surface area contributed by atoms with E-state index < -0.39 is 0 Å². The van der Waals surface area contributed by atoms with Crippen molar-refractivity contribution in [3.05, 3.63) is 18.3 Å². The summed E-state index contributed by atoms with van der Waals surface area (Å²) in [5.41, 5.74) is 0.918. The van der Waals surface area contributed by atoms with Gasteiger partial charge in [-0.25, -0.2) is 4.98 Å². The molecule has 0 amide bonds. The van der Waals surface area contributed by atoms with Crippen LogP contribution in [0.3, 0.4) is 0 Å². The normalized spacial score (nSPS) is 10.8. The first-order valence-electron chi connectivity index (χ1n) is 2.62. The molecule has 4 heteroatoms. The van der Waals surface area contributed by atoms with Gasteiger partial charge in [0.25, 0.3) is 5.78 Å². The largest absolute Gasteiger partial charge is 0.360 e. The smallest absolute Gasteiger partial charge is 0.266 e. The average molecular weight is 123 g/mol. The zero-order chi connectivity index (χ0) is 6.27. The number of rotatable bonds is 0. The van der Waals surface area contributed by atoms with Crippen LogP contribution in [0.1, 0.15) is 5.69 Å². The van der Waals surface area contributed by atoms with Crippen molar-refractivity contribution in [3.63, 3.8) is 0 Å². The quantitative estimate of drug-likeness (QED) is 0.516. The Morgan fingerprint density at radius 1 is 1.67 bits per heavy atom. The molecule has 0 radical (unpaired) electrons. The molecule has 0 N–H and O–H groups in total. The van der Waals surface area contributed by atoms with Gasteiger partial charge in [-0.15, -0.1) is 4.57 Å². The van der Waals surface area contributed by atoms with Crippen LogP contribution in [0.25, 0.3) is 5.78 Å². The molecule has 0 fully saturated rings. The number of aryl methyl sites for hydroxylation is 1. The molecular formula is C5H5N3O. The Hall–Kier alpha value is -1.32. The number of nitrogens with zero attached hydrogens (tertiary/aromatic N) is 3. The Kier molecular flexibility index (Phi) is 0.677. The molecule has 9 heavy (non-hydrogen) atoms. The SMILES string of the molecule is Cc1cn2ocnc2n1. The van der Waals surface area contributed by atoms with Gasteiger partial charge in [0.05, 0.1) is 11.9 Å². The molecule has 0 spiro atoms. The van der Waals surface area contributed by atoms with Gasteiger partial charge < -0.3 is 4.52 Å². The van der Waals surface area contributed by atoms with E-state index in [9.17, 15) is 0 Å². The zero-order valence-electron chi connectivity index (χ0n) is 4.90. The van der Waals surface area contributed by atoms with E-state index in [0.29, 0.717) is 5.78 Å². The summed E-state index contributed by atoms with van der Waals surface area (Å²) in [7, 11) is 0. The van der Waals surface area contributed by atoms with Gasteiger partial charge in [-0.3, -0.25) is 0 Å². The molecule has 46 valence electrons. The van der Waals surface area contributed by atoms with Crippen LogP contribution >= 0.6 is 0 Å². The van der Waals surface area contributed by atoms with Crippen LogP contribution in [0, 0.1) is 6.92 Å². The van der Waals surface area contributed by atoms with Gasteiger partial charge >= 0.3 is 0 Å². The Morgan fingerprint density at radius 3 is 3.33 bits per heavy atom. The molecule has 4 nitrogen and oxygen atoms in total. The lowest BCUT2D eigenvalue weighted by Gasteiger charge is -1.71. The number of imidazole rings is 1. The first kappa shape index (κ1) is 4.55. The second kappa shape index (κ2) is 1.34. The predicted molar refractivity (Wildman–Crippen MR) is 30.0 cm³/mol. The molecule has 0 unspecified atom stereocenters. The summed E-state index contributed by atoms with van der Waals surface area (Å²) in [5, 5.41) is 0. The molecule has 0 saturated carbocycles. The molecule has 2 heterocycles. The van der Waals surface area contributed by atoms with Gasteiger partial charge in [0.1, 0.15) is 0 Å². The first-order valence-corrected chi connectivity index (χ1v) is 2.62. The van der Waals surface area contributed by atoms with Gasteiger partial charge in [-0.2, -0.15) is 4.98 Å². The Balaban J connectivity index is 2.92. The van der Waals surface area contributed by atoms with Crippen molar-refractivity contribution in [2.75, 3.05) is 0 Å². The Morgan fingerprint density at radius 2 is 2.56 bits per heavy atom. The van der Waals surface area contributed by atoms with Crippen LogP contribution in [-0.2, 0) is 0 Å². The molecule has 0 bridgehead atoms. The summed E-state index contributed by atoms with van der Waals surface area (Å²) in [6.45, 7) is 1.89. The summed E-state index contributed by atoms with van der Waals surface area (Å²) in [6, 6.07) is 0. The van der Waals surface area contributed by atoms with Crippen LogP contribution in [-0.4, -0.2) is 14.5 Å². The summed E-state index contributed by atoms with van der Waals surface area (Å²) in [4.78, 5) is 7.86. The maximum Gasteiger partial charge on any atom is 0.266 e. The van der Waals surface area contributed by atoms with E-state index in [2.05, 4.69) is 9.97 Å². The fourth-order valence-electron chi connectivity index (χ4n) is 0.748. The third-order valence-electron chi connectivity index (χ3n) is 1.11. The number of fused-ring (bicyclic) bond motifs is 1. The minimum absolute atomic E-state index is 0.618. The summed E-state index contributed by atoms with van der Waals surface area (Å²) in [6.07, 6.45) is 3.14. The van der Waals surface area contributed by atoms with Crippen molar-refractivity contribution in [3.8, 4) is 0 Å². The van der Waals surface area contributed by atoms with E-state index >= 15 is 0 Å². The highest BCUT2D eigenvalue weighted by molar-refractivity contribution is 5.25. The fourth-order valence-corrected chi connectivity index (χ4v) is 0.748. The molecule has 0 aliphatic heterocycles. The van der Waals surface area contributed by atoms with E-state index in [1.165, 1.54) is 11.0 Å². The number of hydrogen-bond donors (Lipinski definition) is 0. The van der Waals surface area contributed by atoms with Gasteiger partial charge in [-0.05, 0) is 6.92 Å². The van der Waals surface area contributed by atoms with Gasteiger partial charge in [0.15, 0.2) is 0 Å². The molecule has 2 aromatic heterocycles. The van der Waals surface area contributed by atoms with Crippen molar-refractivity contribution in [1.29, 1.82) is 0 Å². The minimum atomic E-state index is 0.618. The highest BCUT2D eigenvalue weighted by Crippen LogP contribution is 1.99. The number of aromatic nitrogens is 3. The molecular weight excluding hydrogens is 118 g/mol. The van der Waals surface area contributed by atoms with Crippen molar-refractivity contribution in [1.82, 2.24) is 14.5 Å². The van der Waals surface area contributed by atoms with Crippen LogP contribution in [0.4, 0.5) is 0 Å². The van der Waals surface area contributed by atoms with Crippen molar-refractivity contribution < 1.29 is 4.52 Å². The highest BCUT2D eigenvalue weighted by Gasteiger charge is 1.97. The fraction of sp³-hybridized carbons (Fsp3) is 0.200. The third-order valence-corrected chi connectivity index (χ3v) is 1.11. The molecule has 0 aromatic carbocycles. The lowest BCUT2D eigenvalue weighted by atomic mass is 10.6. The average Bonchev–Trinajstić information content (AvgIpc) is 2.22. The second-order valence-corrected chi connectivity index (χ2v) is 1.85. The minimum Gasteiger partial charge on any atom is -0.360 e. The monoisotopic (exact) mass is 123 g/mol. The van der Waals surface area contributed by atoms with E-state index in [4.69, 9.17) is 4.52 Å². The Bertz CT molecular complexity index is 293. The highest BCUT2D eigenvalue weighted by atomic mass is 16.5. The van der Waals surface area contributed by atoms with E-state index in [0.717, 1.165) is 5.69 Å². The third kappa shape index (κ3) is 0.526. The van der Waals surface area contributed by atoms with Gasteiger partial charge in [-0.1, -0.05) is 0 Å². The summed E-state index contributed by atoms with van der Waals surface area (Å²) < 4.78 is 6.40. The van der Waals surface area contributed by atoms with Crippen LogP contribution in [0.5, 0.6) is 0 Å². The molecule has 0 atom stereocenters. The van der Waals surface area contributed by atoms with Crippen molar-refractivity contribution >= 4 is 5.78 Å². The Labute approximate surface area is 51.1 Å². The van der Waals surface area contributed by atoms with Crippen LogP contribution < -0.4 is 0 Å². The standard InChI is InChI=1S/C5H5N3O/c1-4-2-8-5(7-4)6-3-9-8/h2-3H,1H3. The summed E-state index contributed by atoms with van der Waals surface area (Å²) >= 11 is 0. The number of hydrogen-bond acceptors (Lipinski definition) is 3.